The molecule has 1 N–H and O–H groups in total. The summed E-state index contributed by atoms with van der Waals surface area (Å²) in [6.45, 7) is 7.01. The first kappa shape index (κ1) is 14.0. The zero-order chi connectivity index (χ0) is 15.3. The molecule has 2 bridgehead atoms. The van der Waals surface area contributed by atoms with E-state index in [0.29, 0.717) is 5.41 Å². The lowest BCUT2D eigenvalue weighted by Gasteiger charge is -2.34. The van der Waals surface area contributed by atoms with E-state index in [-0.39, 0.29) is 11.1 Å². The summed E-state index contributed by atoms with van der Waals surface area (Å²) in [5.41, 5.74) is 5.67. The van der Waals surface area contributed by atoms with Crippen LogP contribution in [0, 0.1) is 26.9 Å². The van der Waals surface area contributed by atoms with Gasteiger partial charge in [-0.1, -0.05) is 20.8 Å². The van der Waals surface area contributed by atoms with E-state index in [0.717, 1.165) is 18.0 Å². The molecule has 2 atom stereocenters. The molecule has 21 heavy (non-hydrogen) atoms. The summed E-state index contributed by atoms with van der Waals surface area (Å²) >= 11 is 0. The zero-order valence-electron chi connectivity index (χ0n) is 12.7. The molecule has 5 nitrogen and oxygen atoms in total. The monoisotopic (exact) mass is 287 g/mol. The molecule has 0 radical (unpaired) electrons. The van der Waals surface area contributed by atoms with Crippen molar-refractivity contribution in [3.63, 3.8) is 0 Å². The fourth-order valence-electron chi connectivity index (χ4n) is 3.89. The second-order valence-corrected chi connectivity index (χ2v) is 6.97. The molecule has 5 heteroatoms. The first-order valence-electron chi connectivity index (χ1n) is 7.42. The second-order valence-electron chi connectivity index (χ2n) is 6.97. The van der Waals surface area contributed by atoms with Crippen LogP contribution in [-0.4, -0.2) is 10.6 Å². The van der Waals surface area contributed by atoms with E-state index < -0.39 is 4.92 Å². The SMILES string of the molecule is CC12CCC(C/C1=N\Nc1ccc([N+](=O)[O-])cc1)C2(C)C. The number of nitrogens with one attached hydrogen (secondary N) is 1. The Morgan fingerprint density at radius 3 is 2.43 bits per heavy atom. The van der Waals surface area contributed by atoms with Crippen molar-refractivity contribution < 1.29 is 4.92 Å². The highest BCUT2D eigenvalue weighted by molar-refractivity contribution is 5.94. The fraction of sp³-hybridized carbons (Fsp3) is 0.562. The first-order chi connectivity index (χ1) is 9.84. The van der Waals surface area contributed by atoms with Gasteiger partial charge in [0.2, 0.25) is 0 Å². The molecule has 1 aromatic carbocycles. The number of rotatable bonds is 3. The Labute approximate surface area is 124 Å². The summed E-state index contributed by atoms with van der Waals surface area (Å²) in [7, 11) is 0. The molecule has 2 aliphatic carbocycles. The molecular formula is C16H21N3O2. The van der Waals surface area contributed by atoms with Crippen LogP contribution in [0.4, 0.5) is 11.4 Å². The minimum atomic E-state index is -0.394. The third kappa shape index (κ3) is 2.03. The normalized spacial score (nSPS) is 31.6. The van der Waals surface area contributed by atoms with Gasteiger partial charge in [0.1, 0.15) is 0 Å². The van der Waals surface area contributed by atoms with Crippen LogP contribution in [0.1, 0.15) is 40.0 Å². The number of non-ortho nitro benzene ring substituents is 1. The van der Waals surface area contributed by atoms with Gasteiger partial charge in [-0.15, -0.1) is 0 Å². The molecule has 2 fully saturated rings. The predicted molar refractivity (Wildman–Crippen MR) is 83.4 cm³/mol. The van der Waals surface area contributed by atoms with Crippen molar-refractivity contribution in [1.29, 1.82) is 0 Å². The lowest BCUT2D eigenvalue weighted by Crippen LogP contribution is -2.32. The van der Waals surface area contributed by atoms with Gasteiger partial charge in [0, 0.05) is 23.3 Å². The van der Waals surface area contributed by atoms with E-state index in [1.165, 1.54) is 30.7 Å². The third-order valence-electron chi connectivity index (χ3n) is 5.91. The average Bonchev–Trinajstić information content (AvgIpc) is 2.78. The van der Waals surface area contributed by atoms with Crippen LogP contribution in [0.3, 0.4) is 0 Å². The Morgan fingerprint density at radius 2 is 1.95 bits per heavy atom. The van der Waals surface area contributed by atoms with Crippen LogP contribution in [0.15, 0.2) is 29.4 Å². The zero-order valence-corrected chi connectivity index (χ0v) is 12.7. The highest BCUT2D eigenvalue weighted by Crippen LogP contribution is 2.63. The molecule has 2 saturated carbocycles. The van der Waals surface area contributed by atoms with E-state index in [2.05, 4.69) is 31.3 Å². The summed E-state index contributed by atoms with van der Waals surface area (Å²) in [6, 6.07) is 6.38. The largest absolute Gasteiger partial charge is 0.279 e. The Balaban J connectivity index is 1.77. The van der Waals surface area contributed by atoms with Crippen LogP contribution in [-0.2, 0) is 0 Å². The molecule has 0 amide bonds. The number of fused-ring (bicyclic) bond motifs is 2. The number of nitro groups is 1. The van der Waals surface area contributed by atoms with Crippen LogP contribution in [0.25, 0.3) is 0 Å². The molecule has 112 valence electrons. The summed E-state index contributed by atoms with van der Waals surface area (Å²) in [6.07, 6.45) is 3.55. The van der Waals surface area contributed by atoms with Crippen molar-refractivity contribution in [1.82, 2.24) is 0 Å². The van der Waals surface area contributed by atoms with Crippen molar-refractivity contribution in [2.45, 2.75) is 40.0 Å². The van der Waals surface area contributed by atoms with Gasteiger partial charge in [-0.2, -0.15) is 5.10 Å². The Hall–Kier alpha value is -1.91. The summed E-state index contributed by atoms with van der Waals surface area (Å²) < 4.78 is 0. The molecule has 0 aliphatic heterocycles. The number of nitrogens with zero attached hydrogens (tertiary/aromatic N) is 2. The maximum Gasteiger partial charge on any atom is 0.269 e. The van der Waals surface area contributed by atoms with Gasteiger partial charge in [0.25, 0.3) is 5.69 Å². The summed E-state index contributed by atoms with van der Waals surface area (Å²) in [4.78, 5) is 10.2. The highest BCUT2D eigenvalue weighted by Gasteiger charge is 2.59. The summed E-state index contributed by atoms with van der Waals surface area (Å²) in [5, 5.41) is 15.3. The smallest absolute Gasteiger partial charge is 0.269 e. The molecule has 2 unspecified atom stereocenters. The molecular weight excluding hydrogens is 266 g/mol. The molecule has 2 aliphatic rings. The maximum absolute atomic E-state index is 10.6. The molecule has 3 rings (SSSR count). The molecule has 0 saturated heterocycles. The van der Waals surface area contributed by atoms with Crippen molar-refractivity contribution >= 4 is 17.1 Å². The van der Waals surface area contributed by atoms with Gasteiger partial charge in [-0.3, -0.25) is 15.5 Å². The van der Waals surface area contributed by atoms with Gasteiger partial charge in [0.05, 0.1) is 10.6 Å². The number of benzene rings is 1. The summed E-state index contributed by atoms with van der Waals surface area (Å²) in [5.74, 6) is 0.722. The Bertz CT molecular complexity index is 606. The van der Waals surface area contributed by atoms with Crippen molar-refractivity contribution in [2.75, 3.05) is 5.43 Å². The van der Waals surface area contributed by atoms with Gasteiger partial charge < -0.3 is 0 Å². The molecule has 0 spiro atoms. The van der Waals surface area contributed by atoms with Crippen LogP contribution < -0.4 is 5.43 Å². The van der Waals surface area contributed by atoms with E-state index in [9.17, 15) is 10.1 Å². The topological polar surface area (TPSA) is 67.5 Å². The first-order valence-corrected chi connectivity index (χ1v) is 7.42. The molecule has 0 aromatic heterocycles. The molecule has 1 aromatic rings. The van der Waals surface area contributed by atoms with Gasteiger partial charge in [0.15, 0.2) is 0 Å². The van der Waals surface area contributed by atoms with E-state index in [1.54, 1.807) is 12.1 Å². The van der Waals surface area contributed by atoms with Gasteiger partial charge in [-0.25, -0.2) is 0 Å². The Morgan fingerprint density at radius 1 is 1.29 bits per heavy atom. The predicted octanol–water partition coefficient (Wildman–Crippen LogP) is 4.21. The second kappa shape index (κ2) is 4.55. The highest BCUT2D eigenvalue weighted by atomic mass is 16.6. The van der Waals surface area contributed by atoms with Crippen LogP contribution in [0.2, 0.25) is 0 Å². The minimum absolute atomic E-state index is 0.0984. The standard InChI is InChI=1S/C16H21N3O2/c1-15(2)11-8-9-16(15,3)14(10-11)18-17-12-4-6-13(7-5-12)19(20)21/h4-7,11,17H,8-10H2,1-3H3/b18-14+. The van der Waals surface area contributed by atoms with E-state index >= 15 is 0 Å². The van der Waals surface area contributed by atoms with Gasteiger partial charge in [-0.05, 0) is 42.7 Å². The maximum atomic E-state index is 10.6. The number of hydrogen-bond acceptors (Lipinski definition) is 4. The van der Waals surface area contributed by atoms with Gasteiger partial charge >= 0.3 is 0 Å². The third-order valence-corrected chi connectivity index (χ3v) is 5.91. The quantitative estimate of drug-likeness (QED) is 0.669. The molecule has 0 heterocycles. The van der Waals surface area contributed by atoms with E-state index in [4.69, 9.17) is 0 Å². The number of anilines is 1. The number of hydrazone groups is 1. The van der Waals surface area contributed by atoms with Crippen LogP contribution in [0.5, 0.6) is 0 Å². The fourth-order valence-corrected chi connectivity index (χ4v) is 3.89. The van der Waals surface area contributed by atoms with E-state index in [1.807, 2.05) is 0 Å². The average molecular weight is 287 g/mol. The number of nitro benzene ring substituents is 1. The minimum Gasteiger partial charge on any atom is -0.279 e. The lowest BCUT2D eigenvalue weighted by molar-refractivity contribution is -0.384. The Kier molecular flexibility index (Phi) is 3.04. The van der Waals surface area contributed by atoms with Crippen molar-refractivity contribution in [3.05, 3.63) is 34.4 Å². The number of hydrogen-bond donors (Lipinski definition) is 1. The van der Waals surface area contributed by atoms with Crippen molar-refractivity contribution in [3.8, 4) is 0 Å². The van der Waals surface area contributed by atoms with Crippen LogP contribution >= 0.6 is 0 Å². The lowest BCUT2D eigenvalue weighted by atomic mass is 9.70. The van der Waals surface area contributed by atoms with Crippen molar-refractivity contribution in [2.24, 2.45) is 21.8 Å².